The number of fused-ring (bicyclic) bond motifs is 1. The minimum absolute atomic E-state index is 0.415. The van der Waals surface area contributed by atoms with Crippen molar-refractivity contribution < 1.29 is 0 Å². The lowest BCUT2D eigenvalue weighted by Crippen LogP contribution is -2.23. The zero-order valence-corrected chi connectivity index (χ0v) is 11.1. The number of nitrogens with one attached hydrogen (secondary N) is 1. The predicted molar refractivity (Wildman–Crippen MR) is 73.8 cm³/mol. The van der Waals surface area contributed by atoms with E-state index in [2.05, 4.69) is 15.3 Å². The second-order valence-corrected chi connectivity index (χ2v) is 4.95. The summed E-state index contributed by atoms with van der Waals surface area (Å²) in [6.07, 6.45) is 9.84. The maximum absolute atomic E-state index is 4.74. The minimum atomic E-state index is 0.415. The van der Waals surface area contributed by atoms with Gasteiger partial charge >= 0.3 is 0 Å². The van der Waals surface area contributed by atoms with Crippen LogP contribution in [0.3, 0.4) is 0 Å². The Morgan fingerprint density at radius 2 is 2.16 bits per heavy atom. The molecule has 0 saturated heterocycles. The third-order valence-electron chi connectivity index (χ3n) is 3.69. The Morgan fingerprint density at radius 3 is 2.95 bits per heavy atom. The number of aromatic nitrogens is 3. The summed E-state index contributed by atoms with van der Waals surface area (Å²) in [5.41, 5.74) is 3.69. The molecule has 4 nitrogen and oxygen atoms in total. The molecule has 0 aliphatic heterocycles. The van der Waals surface area contributed by atoms with Crippen molar-refractivity contribution in [1.29, 1.82) is 0 Å². The molecule has 98 valence electrons. The summed E-state index contributed by atoms with van der Waals surface area (Å²) in [6.45, 7) is 0. The van der Waals surface area contributed by atoms with Crippen LogP contribution >= 0.6 is 0 Å². The number of pyridine rings is 1. The number of hydrogen-bond donors (Lipinski definition) is 1. The van der Waals surface area contributed by atoms with E-state index in [0.29, 0.717) is 6.04 Å². The SMILES string of the molecule is CNC1CCCc2nc(Cc3ccncc3)ncc21. The Bertz CT molecular complexity index is 553. The zero-order chi connectivity index (χ0) is 13.1. The van der Waals surface area contributed by atoms with Crippen molar-refractivity contribution in [2.24, 2.45) is 0 Å². The first-order valence-electron chi connectivity index (χ1n) is 6.77. The molecule has 2 aromatic rings. The smallest absolute Gasteiger partial charge is 0.132 e. The molecule has 0 fully saturated rings. The molecule has 0 spiro atoms. The molecule has 0 aromatic carbocycles. The summed E-state index contributed by atoms with van der Waals surface area (Å²) in [5.74, 6) is 0.904. The van der Waals surface area contributed by atoms with Gasteiger partial charge in [0.2, 0.25) is 0 Å². The molecule has 0 bridgehead atoms. The second kappa shape index (κ2) is 5.45. The van der Waals surface area contributed by atoms with E-state index in [9.17, 15) is 0 Å². The lowest BCUT2D eigenvalue weighted by atomic mass is 9.92. The fraction of sp³-hybridized carbons (Fsp3) is 0.400. The topological polar surface area (TPSA) is 50.7 Å². The molecule has 0 saturated carbocycles. The molecule has 2 aromatic heterocycles. The third-order valence-corrected chi connectivity index (χ3v) is 3.69. The van der Waals surface area contributed by atoms with E-state index in [-0.39, 0.29) is 0 Å². The maximum Gasteiger partial charge on any atom is 0.132 e. The standard InChI is InChI=1S/C15H18N4/c1-16-13-3-2-4-14-12(13)10-18-15(19-14)9-11-5-7-17-8-6-11/h5-8,10,13,16H,2-4,9H2,1H3. The zero-order valence-electron chi connectivity index (χ0n) is 11.1. The number of hydrogen-bond acceptors (Lipinski definition) is 4. The largest absolute Gasteiger partial charge is 0.313 e. The lowest BCUT2D eigenvalue weighted by Gasteiger charge is -2.24. The first-order valence-corrected chi connectivity index (χ1v) is 6.77. The van der Waals surface area contributed by atoms with Crippen LogP contribution in [0.25, 0.3) is 0 Å². The molecule has 1 unspecified atom stereocenters. The Hall–Kier alpha value is -1.81. The summed E-state index contributed by atoms with van der Waals surface area (Å²) < 4.78 is 0. The van der Waals surface area contributed by atoms with Gasteiger partial charge in [-0.15, -0.1) is 0 Å². The van der Waals surface area contributed by atoms with Crippen molar-refractivity contribution >= 4 is 0 Å². The molecule has 19 heavy (non-hydrogen) atoms. The average molecular weight is 254 g/mol. The first-order chi connectivity index (χ1) is 9.36. The first kappa shape index (κ1) is 12.2. The van der Waals surface area contributed by atoms with Gasteiger partial charge in [0.1, 0.15) is 5.82 Å². The van der Waals surface area contributed by atoms with Crippen molar-refractivity contribution in [3.05, 3.63) is 53.4 Å². The third kappa shape index (κ3) is 2.63. The van der Waals surface area contributed by atoms with Crippen molar-refractivity contribution in [2.75, 3.05) is 7.05 Å². The monoisotopic (exact) mass is 254 g/mol. The number of nitrogens with zero attached hydrogens (tertiary/aromatic N) is 3. The summed E-state index contributed by atoms with van der Waals surface area (Å²) >= 11 is 0. The fourth-order valence-electron chi connectivity index (χ4n) is 2.66. The van der Waals surface area contributed by atoms with Crippen LogP contribution in [-0.2, 0) is 12.8 Å². The van der Waals surface area contributed by atoms with E-state index in [1.54, 1.807) is 0 Å². The molecule has 2 heterocycles. The van der Waals surface area contributed by atoms with Gasteiger partial charge in [-0.1, -0.05) is 0 Å². The van der Waals surface area contributed by atoms with E-state index < -0.39 is 0 Å². The van der Waals surface area contributed by atoms with Crippen LogP contribution in [0.4, 0.5) is 0 Å². The van der Waals surface area contributed by atoms with Crippen molar-refractivity contribution in [3.63, 3.8) is 0 Å². The van der Waals surface area contributed by atoms with Gasteiger partial charge in [0, 0.05) is 42.3 Å². The van der Waals surface area contributed by atoms with Gasteiger partial charge in [-0.05, 0) is 44.0 Å². The van der Waals surface area contributed by atoms with E-state index >= 15 is 0 Å². The van der Waals surface area contributed by atoms with Crippen LogP contribution in [0, 0.1) is 0 Å². The van der Waals surface area contributed by atoms with Gasteiger partial charge in [0.25, 0.3) is 0 Å². The van der Waals surface area contributed by atoms with Gasteiger partial charge in [-0.2, -0.15) is 0 Å². The molecule has 1 atom stereocenters. The Balaban J connectivity index is 1.85. The summed E-state index contributed by atoms with van der Waals surface area (Å²) in [5, 5.41) is 3.34. The molecule has 0 amide bonds. The molecular formula is C15H18N4. The van der Waals surface area contributed by atoms with Crippen molar-refractivity contribution in [1.82, 2.24) is 20.3 Å². The van der Waals surface area contributed by atoms with Gasteiger partial charge < -0.3 is 5.32 Å². The molecule has 1 aliphatic carbocycles. The van der Waals surface area contributed by atoms with Gasteiger partial charge in [0.15, 0.2) is 0 Å². The highest BCUT2D eigenvalue weighted by molar-refractivity contribution is 5.26. The van der Waals surface area contributed by atoms with Crippen LogP contribution in [0.2, 0.25) is 0 Å². The van der Waals surface area contributed by atoms with E-state index in [1.807, 2.05) is 37.8 Å². The van der Waals surface area contributed by atoms with Crippen LogP contribution < -0.4 is 5.32 Å². The predicted octanol–water partition coefficient (Wildman–Crippen LogP) is 2.06. The van der Waals surface area contributed by atoms with E-state index in [1.165, 1.54) is 29.7 Å². The summed E-state index contributed by atoms with van der Waals surface area (Å²) in [7, 11) is 2.00. The molecule has 3 rings (SSSR count). The Labute approximate surface area is 113 Å². The highest BCUT2D eigenvalue weighted by Gasteiger charge is 2.20. The highest BCUT2D eigenvalue weighted by atomic mass is 14.9. The van der Waals surface area contributed by atoms with Gasteiger partial charge in [-0.3, -0.25) is 4.98 Å². The van der Waals surface area contributed by atoms with Crippen LogP contribution in [0.15, 0.2) is 30.7 Å². The fourth-order valence-corrected chi connectivity index (χ4v) is 2.66. The van der Waals surface area contributed by atoms with E-state index in [4.69, 9.17) is 4.98 Å². The second-order valence-electron chi connectivity index (χ2n) is 4.95. The Morgan fingerprint density at radius 1 is 1.32 bits per heavy atom. The lowest BCUT2D eigenvalue weighted by molar-refractivity contribution is 0.485. The van der Waals surface area contributed by atoms with Crippen molar-refractivity contribution in [2.45, 2.75) is 31.7 Å². The molecule has 1 aliphatic rings. The number of aryl methyl sites for hydroxylation is 1. The average Bonchev–Trinajstić information content (AvgIpc) is 2.47. The van der Waals surface area contributed by atoms with Gasteiger partial charge in [0.05, 0.1) is 0 Å². The van der Waals surface area contributed by atoms with Crippen LogP contribution in [-0.4, -0.2) is 22.0 Å². The normalized spacial score (nSPS) is 18.1. The maximum atomic E-state index is 4.74. The number of rotatable bonds is 3. The molecule has 4 heteroatoms. The molecule has 1 N–H and O–H groups in total. The highest BCUT2D eigenvalue weighted by Crippen LogP contribution is 2.27. The van der Waals surface area contributed by atoms with E-state index in [0.717, 1.165) is 18.7 Å². The quantitative estimate of drug-likeness (QED) is 0.911. The minimum Gasteiger partial charge on any atom is -0.313 e. The summed E-state index contributed by atoms with van der Waals surface area (Å²) in [6, 6.07) is 4.44. The van der Waals surface area contributed by atoms with Gasteiger partial charge in [-0.25, -0.2) is 9.97 Å². The van der Waals surface area contributed by atoms with Crippen molar-refractivity contribution in [3.8, 4) is 0 Å². The Kier molecular flexibility index (Phi) is 3.51. The van der Waals surface area contributed by atoms with Crippen LogP contribution in [0.5, 0.6) is 0 Å². The molecule has 0 radical (unpaired) electrons. The summed E-state index contributed by atoms with van der Waals surface area (Å²) in [4.78, 5) is 13.3. The molecular weight excluding hydrogens is 236 g/mol. The van der Waals surface area contributed by atoms with Crippen LogP contribution in [0.1, 0.15) is 41.5 Å².